The van der Waals surface area contributed by atoms with Crippen LogP contribution in [-0.4, -0.2) is 37.5 Å². The van der Waals surface area contributed by atoms with Crippen LogP contribution in [0.4, 0.5) is 0 Å². The van der Waals surface area contributed by atoms with Crippen molar-refractivity contribution in [2.45, 2.75) is 20.0 Å². The number of aromatic nitrogens is 3. The van der Waals surface area contributed by atoms with Crippen LogP contribution in [0.1, 0.15) is 12.7 Å². The van der Waals surface area contributed by atoms with E-state index in [0.717, 1.165) is 18.9 Å². The summed E-state index contributed by atoms with van der Waals surface area (Å²) in [7, 11) is -0.726. The van der Waals surface area contributed by atoms with Gasteiger partial charge in [0.05, 0.1) is 6.54 Å². The van der Waals surface area contributed by atoms with Gasteiger partial charge in [0.25, 0.3) is 0 Å². The second kappa shape index (κ2) is 5.87. The predicted molar refractivity (Wildman–Crippen MR) is 56.3 cm³/mol. The van der Waals surface area contributed by atoms with E-state index in [2.05, 4.69) is 15.4 Å². The molecule has 0 aliphatic carbocycles. The van der Waals surface area contributed by atoms with E-state index >= 15 is 0 Å². The van der Waals surface area contributed by atoms with Crippen molar-refractivity contribution >= 4 is 10.8 Å². The third-order valence-corrected chi connectivity index (χ3v) is 2.62. The molecular weight excluding hydrogens is 200 g/mol. The second-order valence-electron chi connectivity index (χ2n) is 2.95. The molecule has 0 amide bonds. The molecule has 0 spiro atoms. The first-order valence-corrected chi connectivity index (χ1v) is 6.34. The van der Waals surface area contributed by atoms with Gasteiger partial charge < -0.3 is 5.32 Å². The molecule has 0 fully saturated rings. The zero-order chi connectivity index (χ0) is 10.4. The maximum atomic E-state index is 10.8. The molecule has 1 aromatic rings. The van der Waals surface area contributed by atoms with Crippen molar-refractivity contribution in [3.8, 4) is 0 Å². The molecular formula is C8H16N4OS. The zero-order valence-electron chi connectivity index (χ0n) is 8.56. The lowest BCUT2D eigenvalue weighted by molar-refractivity contribution is 0.580. The third-order valence-electron chi connectivity index (χ3n) is 1.84. The van der Waals surface area contributed by atoms with Crippen molar-refractivity contribution in [3.05, 3.63) is 12.2 Å². The molecule has 1 rings (SSSR count). The first kappa shape index (κ1) is 11.3. The van der Waals surface area contributed by atoms with E-state index in [9.17, 15) is 4.21 Å². The van der Waals surface area contributed by atoms with Crippen LogP contribution >= 0.6 is 0 Å². The summed E-state index contributed by atoms with van der Waals surface area (Å²) in [6.07, 6.45) is 3.26. The number of nitrogens with one attached hydrogen (secondary N) is 1. The Hall–Kier alpha value is -0.750. The summed E-state index contributed by atoms with van der Waals surface area (Å²) in [4.78, 5) is 4.12. The Balaban J connectivity index is 2.27. The van der Waals surface area contributed by atoms with Gasteiger partial charge >= 0.3 is 0 Å². The summed E-state index contributed by atoms with van der Waals surface area (Å²) in [5.41, 5.74) is 0. The Morgan fingerprint density at radius 3 is 3.07 bits per heavy atom. The Labute approximate surface area is 86.4 Å². The fourth-order valence-corrected chi connectivity index (χ4v) is 1.54. The van der Waals surface area contributed by atoms with Crippen molar-refractivity contribution in [2.75, 3.05) is 18.6 Å². The van der Waals surface area contributed by atoms with E-state index in [4.69, 9.17) is 0 Å². The van der Waals surface area contributed by atoms with Gasteiger partial charge in [0.1, 0.15) is 12.2 Å². The average Bonchev–Trinajstić information content (AvgIpc) is 2.59. The number of aryl methyl sites for hydroxylation is 1. The number of nitrogens with zero attached hydrogens (tertiary/aromatic N) is 3. The van der Waals surface area contributed by atoms with Gasteiger partial charge in [0, 0.05) is 35.9 Å². The maximum Gasteiger partial charge on any atom is 0.140 e. The Morgan fingerprint density at radius 1 is 1.64 bits per heavy atom. The van der Waals surface area contributed by atoms with Crippen molar-refractivity contribution < 1.29 is 4.21 Å². The fraction of sp³-hybridized carbons (Fsp3) is 0.750. The molecule has 1 heterocycles. The lowest BCUT2D eigenvalue weighted by Gasteiger charge is -2.04. The van der Waals surface area contributed by atoms with Crippen LogP contribution in [0.25, 0.3) is 0 Å². The lowest BCUT2D eigenvalue weighted by Crippen LogP contribution is -2.22. The average molecular weight is 216 g/mol. The van der Waals surface area contributed by atoms with Gasteiger partial charge in [0.2, 0.25) is 0 Å². The highest BCUT2D eigenvalue weighted by Crippen LogP contribution is 1.92. The van der Waals surface area contributed by atoms with E-state index in [-0.39, 0.29) is 0 Å². The van der Waals surface area contributed by atoms with Crippen LogP contribution in [0.2, 0.25) is 0 Å². The quantitative estimate of drug-likeness (QED) is 0.667. The molecule has 1 atom stereocenters. The summed E-state index contributed by atoms with van der Waals surface area (Å²) in [6.45, 7) is 4.29. The third kappa shape index (κ3) is 3.55. The van der Waals surface area contributed by atoms with E-state index in [0.29, 0.717) is 12.3 Å². The van der Waals surface area contributed by atoms with Gasteiger partial charge in [-0.2, -0.15) is 5.10 Å². The molecule has 0 saturated carbocycles. The Kier molecular flexibility index (Phi) is 4.75. The SMILES string of the molecule is CCn1ncnc1CNCCS(C)=O. The van der Waals surface area contributed by atoms with Crippen molar-refractivity contribution in [3.63, 3.8) is 0 Å². The highest BCUT2D eigenvalue weighted by molar-refractivity contribution is 7.84. The van der Waals surface area contributed by atoms with Crippen LogP contribution < -0.4 is 5.32 Å². The molecule has 1 aromatic heterocycles. The number of rotatable bonds is 6. The molecule has 80 valence electrons. The first-order valence-electron chi connectivity index (χ1n) is 4.61. The van der Waals surface area contributed by atoms with E-state index in [1.165, 1.54) is 0 Å². The van der Waals surface area contributed by atoms with Crippen LogP contribution in [-0.2, 0) is 23.9 Å². The van der Waals surface area contributed by atoms with E-state index in [1.54, 1.807) is 12.6 Å². The van der Waals surface area contributed by atoms with Gasteiger partial charge in [-0.3, -0.25) is 4.21 Å². The molecule has 0 saturated heterocycles. The van der Waals surface area contributed by atoms with Crippen LogP contribution in [0, 0.1) is 0 Å². The second-order valence-corrected chi connectivity index (χ2v) is 4.50. The van der Waals surface area contributed by atoms with Crippen molar-refractivity contribution in [2.24, 2.45) is 0 Å². The van der Waals surface area contributed by atoms with E-state index < -0.39 is 10.8 Å². The van der Waals surface area contributed by atoms with Gasteiger partial charge in [-0.15, -0.1) is 0 Å². The summed E-state index contributed by atoms with van der Waals surface area (Å²) in [6, 6.07) is 0. The molecule has 1 N–H and O–H groups in total. The van der Waals surface area contributed by atoms with E-state index in [1.807, 2.05) is 11.6 Å². The fourth-order valence-electron chi connectivity index (χ4n) is 1.11. The Bertz CT molecular complexity index is 299. The Morgan fingerprint density at radius 2 is 2.43 bits per heavy atom. The molecule has 0 aliphatic heterocycles. The molecule has 5 nitrogen and oxygen atoms in total. The first-order chi connectivity index (χ1) is 6.74. The molecule has 0 bridgehead atoms. The van der Waals surface area contributed by atoms with Gasteiger partial charge in [-0.1, -0.05) is 0 Å². The smallest absolute Gasteiger partial charge is 0.140 e. The summed E-state index contributed by atoms with van der Waals surface area (Å²) in [5, 5.41) is 7.23. The molecule has 6 heteroatoms. The highest BCUT2D eigenvalue weighted by Gasteiger charge is 2.00. The van der Waals surface area contributed by atoms with Crippen LogP contribution in [0.3, 0.4) is 0 Å². The zero-order valence-corrected chi connectivity index (χ0v) is 9.38. The largest absolute Gasteiger partial charge is 0.309 e. The van der Waals surface area contributed by atoms with Crippen molar-refractivity contribution in [1.82, 2.24) is 20.1 Å². The molecule has 0 aliphatic rings. The minimum atomic E-state index is -0.726. The number of hydrogen-bond donors (Lipinski definition) is 1. The summed E-state index contributed by atoms with van der Waals surface area (Å²) >= 11 is 0. The highest BCUT2D eigenvalue weighted by atomic mass is 32.2. The van der Waals surface area contributed by atoms with Gasteiger partial charge in [0.15, 0.2) is 0 Å². The predicted octanol–water partition coefficient (Wildman–Crippen LogP) is -0.234. The molecule has 0 radical (unpaired) electrons. The normalized spacial score (nSPS) is 13.0. The van der Waals surface area contributed by atoms with Crippen molar-refractivity contribution in [1.29, 1.82) is 0 Å². The maximum absolute atomic E-state index is 10.8. The topological polar surface area (TPSA) is 59.8 Å². The molecule has 1 unspecified atom stereocenters. The standard InChI is InChI=1S/C8H16N4OS/c1-3-12-8(10-7-11-12)6-9-4-5-14(2)13/h7,9H,3-6H2,1-2H3. The molecule has 0 aromatic carbocycles. The monoisotopic (exact) mass is 216 g/mol. The minimum absolute atomic E-state index is 0.681. The van der Waals surface area contributed by atoms with Gasteiger partial charge in [-0.05, 0) is 6.92 Å². The minimum Gasteiger partial charge on any atom is -0.309 e. The summed E-state index contributed by atoms with van der Waals surface area (Å²) < 4.78 is 12.6. The number of hydrogen-bond acceptors (Lipinski definition) is 4. The van der Waals surface area contributed by atoms with Crippen LogP contribution in [0.5, 0.6) is 0 Å². The molecule has 14 heavy (non-hydrogen) atoms. The van der Waals surface area contributed by atoms with Crippen LogP contribution in [0.15, 0.2) is 6.33 Å². The van der Waals surface area contributed by atoms with Gasteiger partial charge in [-0.25, -0.2) is 9.67 Å². The lowest BCUT2D eigenvalue weighted by atomic mass is 10.5. The summed E-state index contributed by atoms with van der Waals surface area (Å²) in [5.74, 6) is 1.61.